The molecule has 0 aliphatic carbocycles. The fourth-order valence-electron chi connectivity index (χ4n) is 2.41. The first-order chi connectivity index (χ1) is 11.8. The summed E-state index contributed by atoms with van der Waals surface area (Å²) in [5.41, 5.74) is -1.09. The molecule has 0 spiro atoms. The number of carboxylic acid groups (broad SMARTS) is 1. The molecule has 0 aromatic heterocycles. The molecule has 0 unspecified atom stereocenters. The molecule has 0 atom stereocenters. The predicted molar refractivity (Wildman–Crippen MR) is 94.9 cm³/mol. The number of benzene rings is 1. The second-order valence-corrected chi connectivity index (χ2v) is 8.50. The minimum Gasteiger partial charge on any atom is -0.480 e. The predicted octanol–water partition coefficient (Wildman–Crippen LogP) is 0.678. The van der Waals surface area contributed by atoms with Gasteiger partial charge in [-0.3, -0.25) is 4.79 Å². The van der Waals surface area contributed by atoms with Crippen LogP contribution in [0.4, 0.5) is 0 Å². The number of amides is 1. The summed E-state index contributed by atoms with van der Waals surface area (Å²) in [6.45, 7) is -0.135. The zero-order valence-corrected chi connectivity index (χ0v) is 15.0. The average molecular weight is 382 g/mol. The number of rotatable bonds is 6. The molecule has 1 aliphatic heterocycles. The summed E-state index contributed by atoms with van der Waals surface area (Å²) in [7, 11) is -3.74. The molecule has 1 fully saturated rings. The molecule has 1 saturated heterocycles. The van der Waals surface area contributed by atoms with E-state index in [-0.39, 0.29) is 17.0 Å². The fraction of sp³-hybridized carbons (Fsp3) is 0.375. The van der Waals surface area contributed by atoms with Crippen molar-refractivity contribution in [3.63, 3.8) is 0 Å². The van der Waals surface area contributed by atoms with Crippen molar-refractivity contribution >= 4 is 33.7 Å². The first kappa shape index (κ1) is 19.3. The third-order valence-corrected chi connectivity index (χ3v) is 6.30. The van der Waals surface area contributed by atoms with Crippen molar-refractivity contribution in [1.82, 2.24) is 10.0 Å². The van der Waals surface area contributed by atoms with Crippen LogP contribution in [0.1, 0.15) is 23.2 Å². The summed E-state index contributed by atoms with van der Waals surface area (Å²) in [4.78, 5) is 24.0. The summed E-state index contributed by atoms with van der Waals surface area (Å²) in [6, 6.07) is 5.23. The van der Waals surface area contributed by atoms with Crippen molar-refractivity contribution in [1.29, 1.82) is 0 Å². The van der Waals surface area contributed by atoms with Gasteiger partial charge in [-0.1, -0.05) is 5.92 Å². The summed E-state index contributed by atoms with van der Waals surface area (Å²) >= 11 is 1.65. The Kier molecular flexibility index (Phi) is 6.11. The van der Waals surface area contributed by atoms with Crippen molar-refractivity contribution in [3.05, 3.63) is 29.8 Å². The van der Waals surface area contributed by atoms with Crippen LogP contribution in [0.2, 0.25) is 0 Å². The van der Waals surface area contributed by atoms with Gasteiger partial charge < -0.3 is 10.4 Å². The number of hydrogen-bond acceptors (Lipinski definition) is 5. The quantitative estimate of drug-likeness (QED) is 0.624. The van der Waals surface area contributed by atoms with E-state index in [2.05, 4.69) is 16.0 Å². The Morgan fingerprint density at radius 2 is 1.84 bits per heavy atom. The lowest BCUT2D eigenvalue weighted by Crippen LogP contribution is -2.56. The van der Waals surface area contributed by atoms with Crippen LogP contribution in [0.15, 0.2) is 29.2 Å². The highest BCUT2D eigenvalue weighted by atomic mass is 32.2. The molecule has 1 heterocycles. The van der Waals surface area contributed by atoms with Gasteiger partial charge in [-0.2, -0.15) is 16.5 Å². The maximum Gasteiger partial charge on any atom is 0.329 e. The highest BCUT2D eigenvalue weighted by molar-refractivity contribution is 7.99. The van der Waals surface area contributed by atoms with E-state index in [1.165, 1.54) is 24.3 Å². The lowest BCUT2D eigenvalue weighted by molar-refractivity contribution is -0.144. The van der Waals surface area contributed by atoms with E-state index in [0.29, 0.717) is 24.3 Å². The van der Waals surface area contributed by atoms with Gasteiger partial charge in [0.15, 0.2) is 0 Å². The van der Waals surface area contributed by atoms with Crippen LogP contribution in [0.5, 0.6) is 0 Å². The van der Waals surface area contributed by atoms with Crippen molar-refractivity contribution in [2.45, 2.75) is 23.3 Å². The van der Waals surface area contributed by atoms with E-state index in [1.807, 2.05) is 0 Å². The molecule has 25 heavy (non-hydrogen) atoms. The zero-order valence-electron chi connectivity index (χ0n) is 13.3. The number of nitrogens with one attached hydrogen (secondary N) is 2. The largest absolute Gasteiger partial charge is 0.480 e. The van der Waals surface area contributed by atoms with E-state index in [0.717, 1.165) is 0 Å². The highest BCUT2D eigenvalue weighted by Gasteiger charge is 2.41. The van der Waals surface area contributed by atoms with Crippen LogP contribution < -0.4 is 10.0 Å². The summed E-state index contributed by atoms with van der Waals surface area (Å²) in [5.74, 6) is 1.88. The number of carboxylic acids is 1. The third kappa shape index (κ3) is 4.54. The lowest BCUT2D eigenvalue weighted by atomic mass is 9.92. The van der Waals surface area contributed by atoms with Gasteiger partial charge in [-0.15, -0.1) is 6.42 Å². The van der Waals surface area contributed by atoms with Crippen LogP contribution in [-0.2, 0) is 14.8 Å². The summed E-state index contributed by atoms with van der Waals surface area (Å²) in [6.07, 6.45) is 5.72. The maximum absolute atomic E-state index is 12.4. The Hall–Kier alpha value is -2.02. The van der Waals surface area contributed by atoms with Crippen molar-refractivity contribution < 1.29 is 23.1 Å². The molecule has 3 N–H and O–H groups in total. The molecule has 1 aliphatic rings. The van der Waals surface area contributed by atoms with Crippen LogP contribution in [0.25, 0.3) is 0 Å². The van der Waals surface area contributed by atoms with E-state index in [4.69, 9.17) is 6.42 Å². The molecule has 0 bridgehead atoms. The topological polar surface area (TPSA) is 113 Å². The highest BCUT2D eigenvalue weighted by Crippen LogP contribution is 2.28. The van der Waals surface area contributed by atoms with Crippen LogP contribution in [-0.4, -0.2) is 49.0 Å². The normalized spacial score (nSPS) is 16.6. The molecule has 7 nitrogen and oxygen atoms in total. The molecular formula is C16H18N2O5S2. The number of carbonyl (C=O) groups is 2. The smallest absolute Gasteiger partial charge is 0.329 e. The van der Waals surface area contributed by atoms with Gasteiger partial charge in [-0.25, -0.2) is 13.2 Å². The first-order valence-electron chi connectivity index (χ1n) is 7.48. The minimum absolute atomic E-state index is 0.0266. The van der Waals surface area contributed by atoms with Gasteiger partial charge in [0.25, 0.3) is 5.91 Å². The summed E-state index contributed by atoms with van der Waals surface area (Å²) < 4.78 is 26.1. The average Bonchev–Trinajstić information content (AvgIpc) is 2.61. The standard InChI is InChI=1S/C16H18N2O5S2/c1-2-9-17-25(22,23)13-5-3-12(4-6-13)14(19)18-16(15(20)21)7-10-24-11-8-16/h1,3-6,17H,7-11H2,(H,18,19)(H,20,21). The molecule has 134 valence electrons. The number of carbonyl (C=O) groups excluding carboxylic acids is 1. The third-order valence-electron chi connectivity index (χ3n) is 3.90. The molecule has 0 radical (unpaired) electrons. The molecule has 1 amide bonds. The second kappa shape index (κ2) is 7.91. The Morgan fingerprint density at radius 1 is 1.24 bits per heavy atom. The Balaban J connectivity index is 2.15. The van der Waals surface area contributed by atoms with Gasteiger partial charge in [0.05, 0.1) is 11.4 Å². The van der Waals surface area contributed by atoms with Crippen LogP contribution in [0, 0.1) is 12.3 Å². The molecular weight excluding hydrogens is 364 g/mol. The molecule has 0 saturated carbocycles. The SMILES string of the molecule is C#CCNS(=O)(=O)c1ccc(C(=O)NC2(C(=O)O)CCSCC2)cc1. The summed E-state index contributed by atoms with van der Waals surface area (Å²) in [5, 5.41) is 12.1. The van der Waals surface area contributed by atoms with Crippen molar-refractivity contribution in [2.75, 3.05) is 18.1 Å². The van der Waals surface area contributed by atoms with Gasteiger partial charge in [0.2, 0.25) is 10.0 Å². The van der Waals surface area contributed by atoms with Crippen LogP contribution in [0.3, 0.4) is 0 Å². The Bertz CT molecular complexity index is 791. The fourth-order valence-corrected chi connectivity index (χ4v) is 4.53. The first-order valence-corrected chi connectivity index (χ1v) is 10.1. The maximum atomic E-state index is 12.4. The molecule has 2 rings (SSSR count). The molecule has 1 aromatic carbocycles. The van der Waals surface area contributed by atoms with E-state index >= 15 is 0 Å². The van der Waals surface area contributed by atoms with E-state index < -0.39 is 27.4 Å². The molecule has 1 aromatic rings. The van der Waals surface area contributed by atoms with Crippen molar-refractivity contribution in [3.8, 4) is 12.3 Å². The number of hydrogen-bond donors (Lipinski definition) is 3. The zero-order chi connectivity index (χ0) is 18.5. The number of thioether (sulfide) groups is 1. The van der Waals surface area contributed by atoms with E-state index in [9.17, 15) is 23.1 Å². The Morgan fingerprint density at radius 3 is 2.36 bits per heavy atom. The van der Waals surface area contributed by atoms with Crippen molar-refractivity contribution in [2.24, 2.45) is 0 Å². The Labute approximate surface area is 150 Å². The number of aliphatic carboxylic acids is 1. The lowest BCUT2D eigenvalue weighted by Gasteiger charge is -2.33. The van der Waals surface area contributed by atoms with Gasteiger partial charge in [0.1, 0.15) is 5.54 Å². The number of sulfonamides is 1. The number of terminal acetylenes is 1. The molecule has 9 heteroatoms. The van der Waals surface area contributed by atoms with Gasteiger partial charge in [0, 0.05) is 5.56 Å². The van der Waals surface area contributed by atoms with Gasteiger partial charge in [-0.05, 0) is 48.6 Å². The second-order valence-electron chi connectivity index (χ2n) is 5.51. The minimum atomic E-state index is -3.74. The van der Waals surface area contributed by atoms with Gasteiger partial charge >= 0.3 is 5.97 Å². The van der Waals surface area contributed by atoms with Crippen LogP contribution >= 0.6 is 11.8 Å². The van der Waals surface area contributed by atoms with E-state index in [1.54, 1.807) is 11.8 Å². The monoisotopic (exact) mass is 382 g/mol.